The van der Waals surface area contributed by atoms with Gasteiger partial charge in [-0.2, -0.15) is 0 Å². The van der Waals surface area contributed by atoms with Gasteiger partial charge in [-0.25, -0.2) is 21.9 Å². The predicted octanol–water partition coefficient (Wildman–Crippen LogP) is 4.32. The standard InChI is InChI=1S/C21H24F2N2O3S/c1-12(2)24-16-6-7-17(19(22)11-16)18-9-13(3)15(8-14(18)4)10-20(23)21(26)25-29(5,27)28/h6-12,24H,1-5H3,(H,25,26). The minimum absolute atomic E-state index is 0.171. The maximum Gasteiger partial charge on any atom is 0.293 e. The van der Waals surface area contributed by atoms with Gasteiger partial charge in [0.05, 0.1) is 6.26 Å². The van der Waals surface area contributed by atoms with Crippen LogP contribution in [0.2, 0.25) is 0 Å². The summed E-state index contributed by atoms with van der Waals surface area (Å²) in [7, 11) is -3.86. The highest BCUT2D eigenvalue weighted by molar-refractivity contribution is 7.89. The van der Waals surface area contributed by atoms with Gasteiger partial charge in [0.1, 0.15) is 5.82 Å². The van der Waals surface area contributed by atoms with E-state index >= 15 is 0 Å². The molecule has 0 aliphatic carbocycles. The molecule has 1 amide bonds. The molecule has 0 radical (unpaired) electrons. The summed E-state index contributed by atoms with van der Waals surface area (Å²) < 4.78 is 52.4. The molecular weight excluding hydrogens is 398 g/mol. The molecule has 29 heavy (non-hydrogen) atoms. The molecule has 5 nitrogen and oxygen atoms in total. The van der Waals surface area contributed by atoms with Gasteiger partial charge in [0.2, 0.25) is 10.0 Å². The minimum atomic E-state index is -3.86. The van der Waals surface area contributed by atoms with Gasteiger partial charge in [0.15, 0.2) is 5.83 Å². The number of amides is 1. The summed E-state index contributed by atoms with van der Waals surface area (Å²) in [5.74, 6) is -2.96. The maximum absolute atomic E-state index is 14.7. The van der Waals surface area contributed by atoms with E-state index < -0.39 is 21.8 Å². The molecule has 0 bridgehead atoms. The monoisotopic (exact) mass is 422 g/mol. The number of nitrogens with one attached hydrogen (secondary N) is 2. The van der Waals surface area contributed by atoms with Crippen molar-refractivity contribution >= 4 is 27.7 Å². The summed E-state index contributed by atoms with van der Waals surface area (Å²) in [6.07, 6.45) is 1.72. The van der Waals surface area contributed by atoms with Crippen molar-refractivity contribution in [3.63, 3.8) is 0 Å². The molecule has 0 saturated heterocycles. The zero-order valence-corrected chi connectivity index (χ0v) is 17.7. The SMILES string of the molecule is Cc1cc(-c2ccc(NC(C)C)cc2F)c(C)cc1C=C(F)C(=O)NS(C)(=O)=O. The van der Waals surface area contributed by atoms with E-state index in [0.29, 0.717) is 33.5 Å². The molecule has 0 fully saturated rings. The van der Waals surface area contributed by atoms with Gasteiger partial charge in [0.25, 0.3) is 5.91 Å². The van der Waals surface area contributed by atoms with Crippen LogP contribution in [0, 0.1) is 19.7 Å². The average molecular weight is 422 g/mol. The van der Waals surface area contributed by atoms with Crippen LogP contribution in [0.3, 0.4) is 0 Å². The van der Waals surface area contributed by atoms with Crippen LogP contribution in [0.15, 0.2) is 36.2 Å². The third-order valence-corrected chi connectivity index (χ3v) is 4.66. The molecule has 0 saturated carbocycles. The number of carbonyl (C=O) groups is 1. The number of benzene rings is 2. The molecule has 156 valence electrons. The number of rotatable bonds is 6. The molecule has 0 spiro atoms. The third-order valence-electron chi connectivity index (χ3n) is 4.10. The summed E-state index contributed by atoms with van der Waals surface area (Å²) >= 11 is 0. The number of aryl methyl sites for hydroxylation is 2. The van der Waals surface area contributed by atoms with Crippen LogP contribution >= 0.6 is 0 Å². The quantitative estimate of drug-likeness (QED) is 0.680. The average Bonchev–Trinajstić information content (AvgIpc) is 2.56. The highest BCUT2D eigenvalue weighted by Gasteiger charge is 2.16. The molecule has 8 heteroatoms. The first kappa shape index (κ1) is 22.5. The van der Waals surface area contributed by atoms with Crippen LogP contribution < -0.4 is 10.0 Å². The largest absolute Gasteiger partial charge is 0.383 e. The number of carbonyl (C=O) groups excluding carboxylic acids is 1. The Morgan fingerprint density at radius 2 is 1.72 bits per heavy atom. The lowest BCUT2D eigenvalue weighted by atomic mass is 9.94. The van der Waals surface area contributed by atoms with E-state index in [-0.39, 0.29) is 11.9 Å². The number of sulfonamides is 1. The Kier molecular flexibility index (Phi) is 6.79. The number of hydrogen-bond acceptors (Lipinski definition) is 4. The zero-order chi connectivity index (χ0) is 21.9. The van der Waals surface area contributed by atoms with Gasteiger partial charge >= 0.3 is 0 Å². The van der Waals surface area contributed by atoms with Crippen molar-refractivity contribution < 1.29 is 22.0 Å². The second-order valence-corrected chi connectivity index (χ2v) is 8.96. The van der Waals surface area contributed by atoms with E-state index in [2.05, 4.69) is 5.32 Å². The van der Waals surface area contributed by atoms with Crippen molar-refractivity contribution in [2.24, 2.45) is 0 Å². The Balaban J connectivity index is 2.39. The van der Waals surface area contributed by atoms with Crippen molar-refractivity contribution in [3.8, 4) is 11.1 Å². The first-order valence-corrected chi connectivity index (χ1v) is 10.8. The van der Waals surface area contributed by atoms with Gasteiger partial charge in [0, 0.05) is 17.3 Å². The van der Waals surface area contributed by atoms with E-state index in [4.69, 9.17) is 0 Å². The van der Waals surface area contributed by atoms with Crippen LogP contribution in [-0.4, -0.2) is 26.6 Å². The number of anilines is 1. The first-order valence-electron chi connectivity index (χ1n) is 8.94. The summed E-state index contributed by atoms with van der Waals surface area (Å²) in [5.41, 5.74) is 3.42. The predicted molar refractivity (Wildman–Crippen MR) is 112 cm³/mol. The van der Waals surface area contributed by atoms with E-state index in [1.165, 1.54) is 6.07 Å². The second-order valence-electron chi connectivity index (χ2n) is 7.21. The van der Waals surface area contributed by atoms with Gasteiger partial charge in [-0.1, -0.05) is 12.1 Å². The Morgan fingerprint density at radius 1 is 1.07 bits per heavy atom. The normalized spacial score (nSPS) is 12.2. The highest BCUT2D eigenvalue weighted by Crippen LogP contribution is 2.31. The molecule has 0 heterocycles. The van der Waals surface area contributed by atoms with Crippen LogP contribution in [0.25, 0.3) is 17.2 Å². The summed E-state index contributed by atoms with van der Waals surface area (Å²) in [5, 5.41) is 3.14. The van der Waals surface area contributed by atoms with Crippen molar-refractivity contribution in [2.45, 2.75) is 33.7 Å². The molecule has 0 unspecified atom stereocenters. The minimum Gasteiger partial charge on any atom is -0.383 e. The summed E-state index contributed by atoms with van der Waals surface area (Å²) in [4.78, 5) is 11.6. The van der Waals surface area contributed by atoms with E-state index in [1.54, 1.807) is 42.8 Å². The molecule has 2 aromatic carbocycles. The van der Waals surface area contributed by atoms with Gasteiger partial charge in [-0.15, -0.1) is 0 Å². The van der Waals surface area contributed by atoms with Crippen molar-refractivity contribution in [2.75, 3.05) is 11.6 Å². The molecule has 0 atom stereocenters. The number of halogens is 2. The van der Waals surface area contributed by atoms with E-state index in [1.807, 2.05) is 13.8 Å². The smallest absolute Gasteiger partial charge is 0.293 e. The number of hydrogen-bond donors (Lipinski definition) is 2. The molecular formula is C21H24F2N2O3S. The van der Waals surface area contributed by atoms with Gasteiger partial charge < -0.3 is 5.32 Å². The lowest BCUT2D eigenvalue weighted by Gasteiger charge is -2.14. The summed E-state index contributed by atoms with van der Waals surface area (Å²) in [6, 6.07) is 8.39. The second kappa shape index (κ2) is 8.73. The fraction of sp³-hybridized carbons (Fsp3) is 0.286. The van der Waals surface area contributed by atoms with Crippen molar-refractivity contribution in [1.82, 2.24) is 4.72 Å². The topological polar surface area (TPSA) is 75.3 Å². The lowest BCUT2D eigenvalue weighted by molar-refractivity contribution is -0.117. The fourth-order valence-electron chi connectivity index (χ4n) is 2.86. The molecule has 0 aliphatic heterocycles. The van der Waals surface area contributed by atoms with Crippen LogP contribution in [-0.2, 0) is 14.8 Å². The first-order chi connectivity index (χ1) is 13.4. The fourth-order valence-corrected chi connectivity index (χ4v) is 3.29. The molecule has 2 rings (SSSR count). The Bertz CT molecular complexity index is 1080. The van der Waals surface area contributed by atoms with Gasteiger partial charge in [-0.05, 0) is 74.2 Å². The maximum atomic E-state index is 14.7. The lowest BCUT2D eigenvalue weighted by Crippen LogP contribution is -2.29. The van der Waals surface area contributed by atoms with Crippen LogP contribution in [0.1, 0.15) is 30.5 Å². The Morgan fingerprint density at radius 3 is 2.28 bits per heavy atom. The van der Waals surface area contributed by atoms with Crippen LogP contribution in [0.5, 0.6) is 0 Å². The van der Waals surface area contributed by atoms with E-state index in [9.17, 15) is 22.0 Å². The highest BCUT2D eigenvalue weighted by atomic mass is 32.2. The third kappa shape index (κ3) is 6.12. The molecule has 2 N–H and O–H groups in total. The van der Waals surface area contributed by atoms with Crippen molar-refractivity contribution in [3.05, 3.63) is 58.7 Å². The summed E-state index contributed by atoms with van der Waals surface area (Å²) in [6.45, 7) is 7.37. The molecule has 2 aromatic rings. The Labute approximate surface area is 169 Å². The van der Waals surface area contributed by atoms with Gasteiger partial charge in [-0.3, -0.25) is 4.79 Å². The Hall–Kier alpha value is -2.74. The van der Waals surface area contributed by atoms with E-state index in [0.717, 1.165) is 12.3 Å². The molecule has 0 aromatic heterocycles. The zero-order valence-electron chi connectivity index (χ0n) is 16.9. The van der Waals surface area contributed by atoms with Crippen molar-refractivity contribution in [1.29, 1.82) is 0 Å². The molecule has 0 aliphatic rings. The van der Waals surface area contributed by atoms with Crippen LogP contribution in [0.4, 0.5) is 14.5 Å².